The molecule has 0 spiro atoms. The molecule has 0 bridgehead atoms. The van der Waals surface area contributed by atoms with Crippen molar-refractivity contribution in [2.45, 2.75) is 67.5 Å². The molecule has 0 aromatic heterocycles. The second-order valence-electron chi connectivity index (χ2n) is 8.83. The molecule has 3 aliphatic carbocycles. The van der Waals surface area contributed by atoms with Gasteiger partial charge in [0.1, 0.15) is 18.5 Å². The van der Waals surface area contributed by atoms with E-state index >= 15 is 0 Å². The Morgan fingerprint density at radius 3 is 2.52 bits per heavy atom. The molecule has 7 nitrogen and oxygen atoms in total. The number of halogens is 2. The van der Waals surface area contributed by atoms with Gasteiger partial charge in [0.15, 0.2) is 9.84 Å². The summed E-state index contributed by atoms with van der Waals surface area (Å²) in [5.74, 6) is -1.64. The maximum absolute atomic E-state index is 13.7. The highest BCUT2D eigenvalue weighted by Gasteiger charge is 2.41. The first kappa shape index (κ1) is 22.1. The fraction of sp³-hybridized carbons (Fsp3) is 0.667. The Morgan fingerprint density at radius 2 is 1.97 bits per heavy atom. The van der Waals surface area contributed by atoms with Gasteiger partial charge in [0.25, 0.3) is 5.91 Å². The second kappa shape index (κ2) is 8.80. The fourth-order valence-electron chi connectivity index (χ4n) is 4.52. The molecule has 170 valence electrons. The first-order chi connectivity index (χ1) is 14.7. The summed E-state index contributed by atoms with van der Waals surface area (Å²) in [6.45, 7) is 0.160. The highest BCUT2D eigenvalue weighted by atomic mass is 32.2. The van der Waals surface area contributed by atoms with Gasteiger partial charge in [-0.2, -0.15) is 0 Å². The van der Waals surface area contributed by atoms with Gasteiger partial charge < -0.3 is 10.6 Å². The van der Waals surface area contributed by atoms with Gasteiger partial charge in [-0.05, 0) is 50.0 Å². The number of aliphatic imine (C=N–C) groups is 1. The molecule has 2 amide bonds. The van der Waals surface area contributed by atoms with Gasteiger partial charge in [0.2, 0.25) is 5.91 Å². The summed E-state index contributed by atoms with van der Waals surface area (Å²) in [6, 6.07) is 0. The Balaban J connectivity index is 1.47. The number of nitrogens with zero attached hydrogens (tertiary/aromatic N) is 1. The van der Waals surface area contributed by atoms with E-state index in [0.29, 0.717) is 18.4 Å². The van der Waals surface area contributed by atoms with Crippen LogP contribution in [0.25, 0.3) is 0 Å². The van der Waals surface area contributed by atoms with Crippen molar-refractivity contribution in [3.8, 4) is 0 Å². The van der Waals surface area contributed by atoms with Gasteiger partial charge in [-0.25, -0.2) is 17.2 Å². The molecule has 31 heavy (non-hydrogen) atoms. The first-order valence-corrected chi connectivity index (χ1v) is 12.4. The van der Waals surface area contributed by atoms with Crippen molar-refractivity contribution < 1.29 is 26.8 Å². The normalized spacial score (nSPS) is 34.2. The standard InChI is InChI=1S/C21H27F2N3O4S/c22-17-8-12(9-18(17)23)7-16(21(28)26-19-10-25-20(27)11-24-19)13-1-3-14(4-2-13)31(29,30)15-5-6-15/h1-3,11-12,14-19H,4-10H2,(H,25,27)(H,26,28)/t12?,14?,16?,17-,18+,19?. The molecule has 2 fully saturated rings. The van der Waals surface area contributed by atoms with Crippen LogP contribution >= 0.6 is 0 Å². The van der Waals surface area contributed by atoms with Gasteiger partial charge in [-0.1, -0.05) is 18.2 Å². The maximum atomic E-state index is 13.7. The number of nitrogens with one attached hydrogen (secondary N) is 2. The van der Waals surface area contributed by atoms with Crippen LogP contribution in [0.3, 0.4) is 0 Å². The van der Waals surface area contributed by atoms with E-state index in [-0.39, 0.29) is 55.2 Å². The lowest BCUT2D eigenvalue weighted by Gasteiger charge is -2.26. The largest absolute Gasteiger partial charge is 0.347 e. The number of amides is 2. The number of carbonyl (C=O) groups excluding carboxylic acids is 2. The molecule has 0 radical (unpaired) electrons. The van der Waals surface area contributed by atoms with Crippen LogP contribution in [-0.4, -0.2) is 62.0 Å². The predicted octanol–water partition coefficient (Wildman–Crippen LogP) is 1.55. The third-order valence-electron chi connectivity index (χ3n) is 6.45. The number of sulfone groups is 1. The van der Waals surface area contributed by atoms with E-state index in [1.54, 1.807) is 18.2 Å². The lowest BCUT2D eigenvalue weighted by atomic mass is 9.84. The van der Waals surface area contributed by atoms with Crippen molar-refractivity contribution >= 4 is 27.9 Å². The van der Waals surface area contributed by atoms with Crippen LogP contribution in [0.4, 0.5) is 8.78 Å². The van der Waals surface area contributed by atoms with Crippen molar-refractivity contribution in [3.05, 3.63) is 23.8 Å². The third kappa shape index (κ3) is 5.05. The average molecular weight is 456 g/mol. The van der Waals surface area contributed by atoms with Crippen LogP contribution in [0, 0.1) is 11.8 Å². The number of allylic oxidation sites excluding steroid dienone is 2. The lowest BCUT2D eigenvalue weighted by molar-refractivity contribution is -0.125. The molecule has 2 saturated carbocycles. The summed E-state index contributed by atoms with van der Waals surface area (Å²) in [4.78, 5) is 28.3. The minimum Gasteiger partial charge on any atom is -0.347 e. The van der Waals surface area contributed by atoms with E-state index in [9.17, 15) is 26.8 Å². The maximum Gasteiger partial charge on any atom is 0.262 e. The van der Waals surface area contributed by atoms with Crippen LogP contribution in [0.15, 0.2) is 28.8 Å². The molecular formula is C21H27F2N3O4S. The zero-order valence-electron chi connectivity index (χ0n) is 17.0. The van der Waals surface area contributed by atoms with Crippen LogP contribution in [-0.2, 0) is 19.4 Å². The Labute approximate surface area is 180 Å². The molecule has 6 atom stereocenters. The Bertz CT molecular complexity index is 919. The minimum absolute atomic E-state index is 0.0677. The highest BCUT2D eigenvalue weighted by molar-refractivity contribution is 7.93. The number of rotatable bonds is 7. The smallest absolute Gasteiger partial charge is 0.262 e. The lowest BCUT2D eigenvalue weighted by Crippen LogP contribution is -2.48. The average Bonchev–Trinajstić information content (AvgIpc) is 3.55. The van der Waals surface area contributed by atoms with E-state index in [4.69, 9.17) is 0 Å². The molecule has 0 aromatic carbocycles. The fourth-order valence-corrected chi connectivity index (χ4v) is 6.47. The van der Waals surface area contributed by atoms with Gasteiger partial charge in [-0.15, -0.1) is 0 Å². The second-order valence-corrected chi connectivity index (χ2v) is 11.3. The van der Waals surface area contributed by atoms with E-state index in [0.717, 1.165) is 6.21 Å². The summed E-state index contributed by atoms with van der Waals surface area (Å²) >= 11 is 0. The molecule has 4 unspecified atom stereocenters. The molecule has 1 aliphatic heterocycles. The van der Waals surface area contributed by atoms with Crippen molar-refractivity contribution in [3.63, 3.8) is 0 Å². The molecule has 0 saturated heterocycles. The number of hydrogen-bond acceptors (Lipinski definition) is 5. The number of carbonyl (C=O) groups is 2. The van der Waals surface area contributed by atoms with E-state index < -0.39 is 39.5 Å². The van der Waals surface area contributed by atoms with Crippen molar-refractivity contribution in [2.24, 2.45) is 16.8 Å². The highest BCUT2D eigenvalue weighted by Crippen LogP contribution is 2.39. The summed E-state index contributed by atoms with van der Waals surface area (Å²) in [7, 11) is -3.21. The SMILES string of the molecule is O=C1C=NC(NC(=O)C(CC2C[C@@H](F)[C@@H](F)C2)C2=CCC(S(=O)(=O)C3CC3)C=C2)CN1. The van der Waals surface area contributed by atoms with Crippen LogP contribution in [0.5, 0.6) is 0 Å². The van der Waals surface area contributed by atoms with E-state index in [1.807, 2.05) is 0 Å². The van der Waals surface area contributed by atoms with Crippen LogP contribution < -0.4 is 10.6 Å². The van der Waals surface area contributed by atoms with Gasteiger partial charge >= 0.3 is 0 Å². The quantitative estimate of drug-likeness (QED) is 0.608. The minimum atomic E-state index is -3.21. The topological polar surface area (TPSA) is 105 Å². The van der Waals surface area contributed by atoms with Crippen LogP contribution in [0.2, 0.25) is 0 Å². The summed E-state index contributed by atoms with van der Waals surface area (Å²) in [5, 5.41) is 4.49. The third-order valence-corrected chi connectivity index (χ3v) is 9.04. The first-order valence-electron chi connectivity index (χ1n) is 10.7. The van der Waals surface area contributed by atoms with Gasteiger partial charge in [0, 0.05) is 0 Å². The Kier molecular flexibility index (Phi) is 6.27. The van der Waals surface area contributed by atoms with Crippen molar-refractivity contribution in [1.29, 1.82) is 0 Å². The molecule has 0 aromatic rings. The van der Waals surface area contributed by atoms with Crippen LogP contribution in [0.1, 0.15) is 38.5 Å². The molecule has 1 heterocycles. The predicted molar refractivity (Wildman–Crippen MR) is 112 cm³/mol. The molecule has 10 heteroatoms. The van der Waals surface area contributed by atoms with E-state index in [1.165, 1.54) is 0 Å². The van der Waals surface area contributed by atoms with Gasteiger partial charge in [-0.3, -0.25) is 14.6 Å². The summed E-state index contributed by atoms with van der Waals surface area (Å²) < 4.78 is 52.4. The zero-order chi connectivity index (χ0) is 22.2. The summed E-state index contributed by atoms with van der Waals surface area (Å²) in [6.07, 6.45) is 4.60. The monoisotopic (exact) mass is 455 g/mol. The van der Waals surface area contributed by atoms with Gasteiger partial charge in [0.05, 0.1) is 29.2 Å². The summed E-state index contributed by atoms with van der Waals surface area (Å²) in [5.41, 5.74) is 0.654. The molecule has 2 N–H and O–H groups in total. The zero-order valence-corrected chi connectivity index (χ0v) is 17.9. The van der Waals surface area contributed by atoms with Crippen molar-refractivity contribution in [2.75, 3.05) is 6.54 Å². The molecular weight excluding hydrogens is 428 g/mol. The molecule has 4 rings (SSSR count). The Morgan fingerprint density at radius 1 is 1.26 bits per heavy atom. The Hall–Kier alpha value is -2.10. The van der Waals surface area contributed by atoms with Crippen molar-refractivity contribution in [1.82, 2.24) is 10.6 Å². The number of hydrogen-bond donors (Lipinski definition) is 2. The number of alkyl halides is 2. The molecule has 4 aliphatic rings. The van der Waals surface area contributed by atoms with E-state index in [2.05, 4.69) is 15.6 Å².